The number of ether oxygens (including phenoxy) is 1. The van der Waals surface area contributed by atoms with E-state index in [4.69, 9.17) is 4.74 Å². The van der Waals surface area contributed by atoms with Crippen molar-refractivity contribution in [2.45, 2.75) is 32.4 Å². The van der Waals surface area contributed by atoms with Crippen molar-refractivity contribution >= 4 is 22.3 Å². The maximum absolute atomic E-state index is 14.3. The summed E-state index contributed by atoms with van der Waals surface area (Å²) >= 11 is 0. The largest absolute Gasteiger partial charge is 0.489 e. The molecule has 7 nitrogen and oxygen atoms in total. The van der Waals surface area contributed by atoms with Gasteiger partial charge in [-0.25, -0.2) is 9.40 Å². The number of hydrogen-bond donors (Lipinski definition) is 0. The molecule has 8 heteroatoms. The van der Waals surface area contributed by atoms with E-state index in [2.05, 4.69) is 56.3 Å². The number of fused-ring (bicyclic) bond motifs is 4. The van der Waals surface area contributed by atoms with Crippen LogP contribution in [0.5, 0.6) is 5.75 Å². The average Bonchev–Trinajstić information content (AvgIpc) is 3.23. The van der Waals surface area contributed by atoms with Gasteiger partial charge >= 0.3 is 0 Å². The number of halogens is 1. The Morgan fingerprint density at radius 3 is 2.76 bits per heavy atom. The number of pyridine rings is 1. The Hall–Kier alpha value is -3.26. The highest BCUT2D eigenvalue weighted by Gasteiger charge is 2.37. The third-order valence-electron chi connectivity index (χ3n) is 7.22. The van der Waals surface area contributed by atoms with Crippen molar-refractivity contribution in [3.63, 3.8) is 0 Å². The van der Waals surface area contributed by atoms with Crippen LogP contribution >= 0.6 is 0 Å². The van der Waals surface area contributed by atoms with Gasteiger partial charge in [-0.05, 0) is 50.1 Å². The molecule has 176 valence electrons. The van der Waals surface area contributed by atoms with E-state index in [1.54, 1.807) is 6.07 Å². The summed E-state index contributed by atoms with van der Waals surface area (Å²) in [4.78, 5) is 9.28. The van der Waals surface area contributed by atoms with Crippen LogP contribution < -0.4 is 14.6 Å². The normalized spacial score (nSPS) is 22.1. The van der Waals surface area contributed by atoms with Crippen LogP contribution in [0.15, 0.2) is 52.8 Å². The molecular formula is C26H29FN6O. The fourth-order valence-electron chi connectivity index (χ4n) is 5.24. The molecule has 1 fully saturated rings. The van der Waals surface area contributed by atoms with E-state index in [0.29, 0.717) is 6.61 Å². The van der Waals surface area contributed by atoms with Gasteiger partial charge in [0.1, 0.15) is 29.9 Å². The fraction of sp³-hybridized carbons (Fsp3) is 0.423. The minimum absolute atomic E-state index is 0.156. The lowest BCUT2D eigenvalue weighted by Crippen LogP contribution is -2.47. The van der Waals surface area contributed by atoms with Crippen LogP contribution in [0.2, 0.25) is 0 Å². The molecule has 3 aliphatic heterocycles. The van der Waals surface area contributed by atoms with E-state index < -0.39 is 0 Å². The molecule has 0 saturated carbocycles. The first kappa shape index (κ1) is 21.3. The summed E-state index contributed by atoms with van der Waals surface area (Å²) in [5, 5.41) is 11.7. The summed E-state index contributed by atoms with van der Waals surface area (Å²) in [6.45, 7) is 9.20. The first-order valence-corrected chi connectivity index (χ1v) is 12.1. The van der Waals surface area contributed by atoms with Crippen molar-refractivity contribution < 1.29 is 9.13 Å². The lowest BCUT2D eigenvalue weighted by atomic mass is 10.0. The highest BCUT2D eigenvalue weighted by atomic mass is 19.1. The van der Waals surface area contributed by atoms with Gasteiger partial charge in [-0.1, -0.05) is 17.4 Å². The van der Waals surface area contributed by atoms with Crippen molar-refractivity contribution in [2.24, 2.45) is 10.3 Å². The predicted octanol–water partition coefficient (Wildman–Crippen LogP) is 4.38. The van der Waals surface area contributed by atoms with Gasteiger partial charge in [-0.2, -0.15) is 5.11 Å². The Labute approximate surface area is 198 Å². The molecule has 2 aromatic carbocycles. The number of nitrogens with zero attached hydrogens (tertiary/aromatic N) is 6. The van der Waals surface area contributed by atoms with Crippen molar-refractivity contribution in [1.82, 2.24) is 9.88 Å². The number of aryl methyl sites for hydroxylation is 1. The monoisotopic (exact) mass is 460 g/mol. The molecule has 3 aliphatic rings. The van der Waals surface area contributed by atoms with Gasteiger partial charge in [0.15, 0.2) is 0 Å². The second-order valence-electron chi connectivity index (χ2n) is 9.46. The Morgan fingerprint density at radius 1 is 1.06 bits per heavy atom. The Kier molecular flexibility index (Phi) is 5.32. The van der Waals surface area contributed by atoms with E-state index in [1.165, 1.54) is 11.6 Å². The van der Waals surface area contributed by atoms with Gasteiger partial charge in [-0.3, -0.25) is 9.88 Å². The molecule has 0 spiro atoms. The van der Waals surface area contributed by atoms with Crippen LogP contribution in [0.4, 0.5) is 15.8 Å². The van der Waals surface area contributed by atoms with Crippen LogP contribution in [-0.2, 0) is 6.42 Å². The number of piperazine rings is 1. The Balaban J connectivity index is 1.12. The zero-order valence-corrected chi connectivity index (χ0v) is 19.6. The molecule has 1 aromatic heterocycles. The molecule has 4 heterocycles. The molecule has 34 heavy (non-hydrogen) atoms. The topological polar surface area (TPSA) is 56.6 Å². The molecule has 0 aliphatic carbocycles. The predicted molar refractivity (Wildman–Crippen MR) is 131 cm³/mol. The smallest absolute Gasteiger partial charge is 0.147 e. The molecular weight excluding hydrogens is 431 g/mol. The number of aromatic nitrogens is 1. The van der Waals surface area contributed by atoms with E-state index in [9.17, 15) is 4.39 Å². The van der Waals surface area contributed by atoms with E-state index in [0.717, 1.165) is 72.9 Å². The highest BCUT2D eigenvalue weighted by Crippen LogP contribution is 2.40. The van der Waals surface area contributed by atoms with Crippen LogP contribution in [-0.4, -0.2) is 61.3 Å². The maximum Gasteiger partial charge on any atom is 0.147 e. The van der Waals surface area contributed by atoms with Gasteiger partial charge in [-0.15, -0.1) is 0 Å². The third-order valence-corrected chi connectivity index (χ3v) is 7.22. The SMILES string of the molecule is Cc1ccc2c(N3CCN(CCc4cccc5c4OCC4C(C)N=NN54)CC3)cc(F)cc2n1. The zero-order chi connectivity index (χ0) is 23.2. The Morgan fingerprint density at radius 2 is 1.91 bits per heavy atom. The fourth-order valence-corrected chi connectivity index (χ4v) is 5.24. The first-order chi connectivity index (χ1) is 16.6. The van der Waals surface area contributed by atoms with E-state index in [-0.39, 0.29) is 17.9 Å². The van der Waals surface area contributed by atoms with Gasteiger partial charge in [0.05, 0.1) is 11.6 Å². The number of para-hydroxylation sites is 1. The zero-order valence-electron chi connectivity index (χ0n) is 19.6. The molecule has 0 bridgehead atoms. The standard InChI is InChI=1S/C26H29FN6O/c1-17-6-7-21-22(28-17)14-20(27)15-24(21)32-12-10-31(11-13-32)9-8-19-4-3-5-23-26(19)34-16-25-18(2)29-30-33(23)25/h3-7,14-15,18,25H,8-13,16H2,1-2H3. The van der Waals surface area contributed by atoms with Crippen LogP contribution in [0.25, 0.3) is 10.9 Å². The van der Waals surface area contributed by atoms with Crippen molar-refractivity contribution in [2.75, 3.05) is 49.2 Å². The minimum atomic E-state index is -0.231. The number of benzene rings is 2. The summed E-state index contributed by atoms with van der Waals surface area (Å²) in [5.74, 6) is 0.713. The second-order valence-corrected chi connectivity index (χ2v) is 9.46. The van der Waals surface area contributed by atoms with Crippen molar-refractivity contribution in [3.8, 4) is 5.75 Å². The maximum atomic E-state index is 14.3. The Bertz CT molecular complexity index is 1250. The number of rotatable bonds is 4. The third kappa shape index (κ3) is 3.76. The molecule has 0 radical (unpaired) electrons. The molecule has 0 amide bonds. The summed E-state index contributed by atoms with van der Waals surface area (Å²) in [7, 11) is 0. The lowest BCUT2D eigenvalue weighted by molar-refractivity contribution is 0.248. The van der Waals surface area contributed by atoms with Crippen LogP contribution in [0.1, 0.15) is 18.2 Å². The molecule has 1 saturated heterocycles. The van der Waals surface area contributed by atoms with Gasteiger partial charge in [0.2, 0.25) is 0 Å². The van der Waals surface area contributed by atoms with Crippen molar-refractivity contribution in [1.29, 1.82) is 0 Å². The first-order valence-electron chi connectivity index (χ1n) is 12.1. The summed E-state index contributed by atoms with van der Waals surface area (Å²) in [6, 6.07) is 13.9. The second kappa shape index (κ2) is 8.51. The van der Waals surface area contributed by atoms with Gasteiger partial charge < -0.3 is 9.64 Å². The van der Waals surface area contributed by atoms with Gasteiger partial charge in [0.25, 0.3) is 0 Å². The lowest BCUT2D eigenvalue weighted by Gasteiger charge is -2.37. The summed E-state index contributed by atoms with van der Waals surface area (Å²) < 4.78 is 20.5. The summed E-state index contributed by atoms with van der Waals surface area (Å²) in [6.07, 6.45) is 0.917. The number of anilines is 2. The molecule has 2 unspecified atom stereocenters. The van der Waals surface area contributed by atoms with Gasteiger partial charge in [0, 0.05) is 55.6 Å². The quantitative estimate of drug-likeness (QED) is 0.578. The molecule has 0 N–H and O–H groups in total. The molecule has 2 atom stereocenters. The number of hydrogen-bond acceptors (Lipinski definition) is 7. The average molecular weight is 461 g/mol. The van der Waals surface area contributed by atoms with Crippen molar-refractivity contribution in [3.05, 3.63) is 59.5 Å². The van der Waals surface area contributed by atoms with E-state index in [1.807, 2.05) is 18.0 Å². The highest BCUT2D eigenvalue weighted by molar-refractivity contribution is 5.92. The summed E-state index contributed by atoms with van der Waals surface area (Å²) in [5.41, 5.74) is 4.80. The molecule has 3 aromatic rings. The minimum Gasteiger partial charge on any atom is -0.489 e. The molecule has 6 rings (SSSR count). The van der Waals surface area contributed by atoms with E-state index >= 15 is 0 Å². The van der Waals surface area contributed by atoms with Crippen LogP contribution in [0, 0.1) is 12.7 Å². The van der Waals surface area contributed by atoms with Crippen LogP contribution in [0.3, 0.4) is 0 Å².